The van der Waals surface area contributed by atoms with Gasteiger partial charge in [-0.3, -0.25) is 0 Å². The van der Waals surface area contributed by atoms with Crippen LogP contribution in [0, 0.1) is 0 Å². The number of anilines is 5. The third kappa shape index (κ3) is 4.54. The highest BCUT2D eigenvalue weighted by Crippen LogP contribution is 2.45. The van der Waals surface area contributed by atoms with E-state index in [2.05, 4.69) is 162 Å². The number of rotatable bonds is 6. The van der Waals surface area contributed by atoms with Gasteiger partial charge in [0.05, 0.1) is 10.4 Å². The van der Waals surface area contributed by atoms with E-state index in [4.69, 9.17) is 0 Å². The molecule has 7 rings (SSSR count). The van der Waals surface area contributed by atoms with E-state index in [-0.39, 0.29) is 0 Å². The highest BCUT2D eigenvalue weighted by Gasteiger charge is 2.17. The molecule has 0 bridgehead atoms. The van der Waals surface area contributed by atoms with Crippen molar-refractivity contribution < 1.29 is 0 Å². The van der Waals surface area contributed by atoms with Crippen molar-refractivity contribution in [3.05, 3.63) is 152 Å². The van der Waals surface area contributed by atoms with Crippen LogP contribution in [-0.4, -0.2) is 0 Å². The van der Waals surface area contributed by atoms with Gasteiger partial charge in [0.2, 0.25) is 0 Å². The van der Waals surface area contributed by atoms with Crippen LogP contribution in [-0.2, 0) is 0 Å². The van der Waals surface area contributed by atoms with Gasteiger partial charge >= 0.3 is 0 Å². The van der Waals surface area contributed by atoms with Crippen LogP contribution in [0.5, 0.6) is 0 Å². The van der Waals surface area contributed by atoms with Crippen LogP contribution in [0.1, 0.15) is 0 Å². The SMILES string of the molecule is c1ccc(-c2cccc(Nc3ccc4c(c3)sc3c(N(c5ccccc5)c5ccccc5)cccc34)c2)cc1. The lowest BCUT2D eigenvalue weighted by Crippen LogP contribution is -2.09. The third-order valence-corrected chi connectivity index (χ3v) is 8.20. The molecule has 0 radical (unpaired) electrons. The summed E-state index contributed by atoms with van der Waals surface area (Å²) in [7, 11) is 0. The number of hydrogen-bond acceptors (Lipinski definition) is 3. The minimum atomic E-state index is 1.08. The van der Waals surface area contributed by atoms with Gasteiger partial charge in [0, 0.05) is 38.2 Å². The molecule has 0 fully saturated rings. The Morgan fingerprint density at radius 3 is 1.79 bits per heavy atom. The Morgan fingerprint density at radius 2 is 1.08 bits per heavy atom. The molecular weight excluding hydrogens is 492 g/mol. The number of benzene rings is 6. The van der Waals surface area contributed by atoms with Crippen molar-refractivity contribution in [1.29, 1.82) is 0 Å². The van der Waals surface area contributed by atoms with Crippen molar-refractivity contribution in [2.45, 2.75) is 0 Å². The maximum atomic E-state index is 3.64. The maximum Gasteiger partial charge on any atom is 0.0640 e. The Hall–Kier alpha value is -4.86. The summed E-state index contributed by atoms with van der Waals surface area (Å²) >= 11 is 1.85. The standard InChI is InChI=1S/C36H26N2S/c1-4-12-26(13-5-1)27-14-10-15-28(24-27)37-29-22-23-32-33-20-11-21-34(36(33)39-35(32)25-29)38(30-16-6-2-7-17-30)31-18-8-3-9-19-31/h1-25,37H. The monoisotopic (exact) mass is 518 g/mol. The van der Waals surface area contributed by atoms with E-state index in [1.807, 2.05) is 11.3 Å². The molecule has 1 aromatic heterocycles. The molecule has 3 heteroatoms. The van der Waals surface area contributed by atoms with Gasteiger partial charge in [0.1, 0.15) is 0 Å². The van der Waals surface area contributed by atoms with Crippen molar-refractivity contribution in [2.75, 3.05) is 10.2 Å². The molecule has 39 heavy (non-hydrogen) atoms. The van der Waals surface area contributed by atoms with Crippen molar-refractivity contribution in [1.82, 2.24) is 0 Å². The zero-order valence-electron chi connectivity index (χ0n) is 21.3. The molecule has 0 saturated heterocycles. The second-order valence-electron chi connectivity index (χ2n) is 9.55. The van der Waals surface area contributed by atoms with E-state index in [0.29, 0.717) is 0 Å². The second kappa shape index (κ2) is 10.1. The third-order valence-electron chi connectivity index (χ3n) is 7.01. The van der Waals surface area contributed by atoms with Gasteiger partial charge in [-0.15, -0.1) is 11.3 Å². The van der Waals surface area contributed by atoms with E-state index in [0.717, 1.165) is 22.7 Å². The number of thiophene rings is 1. The topological polar surface area (TPSA) is 15.3 Å². The summed E-state index contributed by atoms with van der Waals surface area (Å²) in [6, 6.07) is 53.6. The normalized spacial score (nSPS) is 11.1. The smallest absolute Gasteiger partial charge is 0.0640 e. The van der Waals surface area contributed by atoms with Crippen LogP contribution in [0.15, 0.2) is 152 Å². The van der Waals surface area contributed by atoms with Crippen LogP contribution >= 0.6 is 11.3 Å². The summed E-state index contributed by atoms with van der Waals surface area (Å²) < 4.78 is 2.55. The van der Waals surface area contributed by atoms with Crippen LogP contribution in [0.3, 0.4) is 0 Å². The number of nitrogens with zero attached hydrogens (tertiary/aromatic N) is 1. The molecule has 0 aliphatic rings. The summed E-state index contributed by atoms with van der Waals surface area (Å²) in [5, 5.41) is 6.19. The molecule has 0 atom stereocenters. The Balaban J connectivity index is 1.30. The molecule has 0 saturated carbocycles. The summed E-state index contributed by atoms with van der Waals surface area (Å²) in [6.45, 7) is 0. The van der Waals surface area contributed by atoms with E-state index in [1.54, 1.807) is 0 Å². The molecule has 0 spiro atoms. The number of nitrogens with one attached hydrogen (secondary N) is 1. The van der Waals surface area contributed by atoms with E-state index < -0.39 is 0 Å². The summed E-state index contributed by atoms with van der Waals surface area (Å²) in [5.74, 6) is 0. The van der Waals surface area contributed by atoms with Gasteiger partial charge in [0.25, 0.3) is 0 Å². The lowest BCUT2D eigenvalue weighted by atomic mass is 10.1. The first-order chi connectivity index (χ1) is 19.3. The lowest BCUT2D eigenvalue weighted by molar-refractivity contribution is 1.30. The average molecular weight is 519 g/mol. The first kappa shape index (κ1) is 23.3. The van der Waals surface area contributed by atoms with Crippen molar-refractivity contribution in [3.8, 4) is 11.1 Å². The highest BCUT2D eigenvalue weighted by atomic mass is 32.1. The Kier molecular flexibility index (Phi) is 6.04. The molecule has 0 aliphatic carbocycles. The molecule has 0 amide bonds. The lowest BCUT2D eigenvalue weighted by Gasteiger charge is -2.25. The fourth-order valence-corrected chi connectivity index (χ4v) is 6.44. The molecule has 7 aromatic rings. The van der Waals surface area contributed by atoms with Crippen LogP contribution < -0.4 is 10.2 Å². The van der Waals surface area contributed by atoms with E-state index >= 15 is 0 Å². The Labute approximate surface area is 232 Å². The van der Waals surface area contributed by atoms with Crippen LogP contribution in [0.4, 0.5) is 28.4 Å². The average Bonchev–Trinajstić information content (AvgIpc) is 3.38. The van der Waals surface area contributed by atoms with Gasteiger partial charge in [0.15, 0.2) is 0 Å². The van der Waals surface area contributed by atoms with Gasteiger partial charge in [-0.2, -0.15) is 0 Å². The van der Waals surface area contributed by atoms with Crippen molar-refractivity contribution in [3.63, 3.8) is 0 Å². The molecule has 186 valence electrons. The predicted molar refractivity (Wildman–Crippen MR) is 169 cm³/mol. The van der Waals surface area contributed by atoms with Crippen LogP contribution in [0.2, 0.25) is 0 Å². The highest BCUT2D eigenvalue weighted by molar-refractivity contribution is 7.26. The van der Waals surface area contributed by atoms with Gasteiger partial charge in [-0.1, -0.05) is 97.1 Å². The molecule has 1 heterocycles. The molecule has 2 nitrogen and oxygen atoms in total. The Morgan fingerprint density at radius 1 is 0.462 bits per heavy atom. The van der Waals surface area contributed by atoms with Crippen molar-refractivity contribution >= 4 is 59.9 Å². The Bertz CT molecular complexity index is 1840. The fraction of sp³-hybridized carbons (Fsp3) is 0. The molecule has 1 N–H and O–H groups in total. The number of hydrogen-bond donors (Lipinski definition) is 1. The van der Waals surface area contributed by atoms with Crippen molar-refractivity contribution in [2.24, 2.45) is 0 Å². The summed E-state index contributed by atoms with van der Waals surface area (Å²) in [4.78, 5) is 2.35. The van der Waals surface area contributed by atoms with Gasteiger partial charge in [-0.05, 0) is 65.7 Å². The largest absolute Gasteiger partial charge is 0.355 e. The summed E-state index contributed by atoms with van der Waals surface area (Å²) in [6.07, 6.45) is 0. The minimum Gasteiger partial charge on any atom is -0.355 e. The second-order valence-corrected chi connectivity index (χ2v) is 10.6. The van der Waals surface area contributed by atoms with E-state index in [9.17, 15) is 0 Å². The molecular formula is C36H26N2S. The zero-order valence-corrected chi connectivity index (χ0v) is 22.1. The first-order valence-corrected chi connectivity index (χ1v) is 13.9. The molecule has 0 unspecified atom stereocenters. The van der Waals surface area contributed by atoms with Gasteiger partial charge < -0.3 is 10.2 Å². The van der Waals surface area contributed by atoms with Gasteiger partial charge in [-0.25, -0.2) is 0 Å². The molecule has 6 aromatic carbocycles. The zero-order chi connectivity index (χ0) is 26.0. The van der Waals surface area contributed by atoms with E-state index in [1.165, 1.54) is 37.0 Å². The maximum absolute atomic E-state index is 3.64. The minimum absolute atomic E-state index is 1.08. The first-order valence-electron chi connectivity index (χ1n) is 13.1. The van der Waals surface area contributed by atoms with Crippen LogP contribution in [0.25, 0.3) is 31.3 Å². The predicted octanol–water partition coefficient (Wildman–Crippen LogP) is 10.9. The number of fused-ring (bicyclic) bond motifs is 3. The number of para-hydroxylation sites is 2. The molecule has 0 aliphatic heterocycles. The summed E-state index contributed by atoms with van der Waals surface area (Å²) in [5.41, 5.74) is 8.07. The quantitative estimate of drug-likeness (QED) is 0.235. The fourth-order valence-electron chi connectivity index (χ4n) is 5.19.